The van der Waals surface area contributed by atoms with Crippen LogP contribution in [0.1, 0.15) is 51.9 Å². The number of likely N-dealkylation sites (tertiary alicyclic amines) is 1. The molecular weight excluding hydrogens is 358 g/mol. The molecule has 1 N–H and O–H groups in total. The summed E-state index contributed by atoms with van der Waals surface area (Å²) in [6.07, 6.45) is 2.73. The van der Waals surface area contributed by atoms with E-state index in [4.69, 9.17) is 4.74 Å². The largest absolute Gasteiger partial charge is 0.444 e. The number of aromatic amines is 1. The normalized spacial score (nSPS) is 19.1. The van der Waals surface area contributed by atoms with Crippen molar-refractivity contribution in [1.82, 2.24) is 14.9 Å². The van der Waals surface area contributed by atoms with E-state index in [1.807, 2.05) is 43.9 Å². The van der Waals surface area contributed by atoms with Gasteiger partial charge in [0.15, 0.2) is 0 Å². The van der Waals surface area contributed by atoms with Gasteiger partial charge in [0, 0.05) is 11.0 Å². The van der Waals surface area contributed by atoms with E-state index < -0.39 is 5.60 Å². The predicted molar refractivity (Wildman–Crippen MR) is 93.3 cm³/mol. The van der Waals surface area contributed by atoms with Crippen LogP contribution in [0.25, 0.3) is 11.0 Å². The highest BCUT2D eigenvalue weighted by molar-refractivity contribution is 9.10. The van der Waals surface area contributed by atoms with E-state index in [2.05, 4.69) is 25.9 Å². The number of aromatic nitrogens is 2. The van der Waals surface area contributed by atoms with Crippen LogP contribution >= 0.6 is 15.9 Å². The first-order valence-corrected chi connectivity index (χ1v) is 8.77. The van der Waals surface area contributed by atoms with Gasteiger partial charge in [-0.1, -0.05) is 15.9 Å². The van der Waals surface area contributed by atoms with Crippen LogP contribution in [0.4, 0.5) is 4.79 Å². The third kappa shape index (κ3) is 3.68. The number of piperidine rings is 1. The van der Waals surface area contributed by atoms with Crippen molar-refractivity contribution in [2.75, 3.05) is 6.54 Å². The maximum absolute atomic E-state index is 12.5. The van der Waals surface area contributed by atoms with Crippen LogP contribution in [0.15, 0.2) is 22.7 Å². The van der Waals surface area contributed by atoms with Gasteiger partial charge in [0.2, 0.25) is 0 Å². The van der Waals surface area contributed by atoms with Gasteiger partial charge in [0.1, 0.15) is 11.4 Å². The molecule has 0 spiro atoms. The average Bonchev–Trinajstić information content (AvgIpc) is 2.88. The molecule has 1 aliphatic heterocycles. The number of carbonyl (C=O) groups excluding carboxylic acids is 1. The first kappa shape index (κ1) is 16.3. The van der Waals surface area contributed by atoms with Crippen LogP contribution in [-0.2, 0) is 4.74 Å². The summed E-state index contributed by atoms with van der Waals surface area (Å²) in [6, 6.07) is 5.90. The summed E-state index contributed by atoms with van der Waals surface area (Å²) in [5.41, 5.74) is 1.40. The molecule has 1 saturated heterocycles. The summed E-state index contributed by atoms with van der Waals surface area (Å²) in [4.78, 5) is 22.4. The molecule has 124 valence electrons. The lowest BCUT2D eigenvalue weighted by Crippen LogP contribution is -2.42. The SMILES string of the molecule is CC(C)(C)OC(=O)N1CCCC[C@H]1c1nc2ccc(Br)cc2[nH]1. The number of hydrogen-bond donors (Lipinski definition) is 1. The molecule has 1 aromatic heterocycles. The summed E-state index contributed by atoms with van der Waals surface area (Å²) < 4.78 is 6.57. The van der Waals surface area contributed by atoms with Crippen molar-refractivity contribution in [3.63, 3.8) is 0 Å². The number of ether oxygens (including phenoxy) is 1. The first-order valence-electron chi connectivity index (χ1n) is 7.98. The molecule has 1 fully saturated rings. The number of hydrogen-bond acceptors (Lipinski definition) is 3. The molecule has 0 radical (unpaired) electrons. The highest BCUT2D eigenvalue weighted by Gasteiger charge is 2.33. The van der Waals surface area contributed by atoms with Gasteiger partial charge in [-0.15, -0.1) is 0 Å². The van der Waals surface area contributed by atoms with E-state index in [9.17, 15) is 4.79 Å². The second kappa shape index (κ2) is 6.15. The van der Waals surface area contributed by atoms with E-state index in [1.54, 1.807) is 0 Å². The minimum absolute atomic E-state index is 0.0511. The molecular formula is C17H22BrN3O2. The third-order valence-electron chi connectivity index (χ3n) is 3.91. The van der Waals surface area contributed by atoms with Gasteiger partial charge in [-0.2, -0.15) is 0 Å². The standard InChI is InChI=1S/C17H22BrN3O2/c1-17(2,3)23-16(22)21-9-5-4-6-14(21)15-19-12-8-7-11(18)10-13(12)20-15/h7-8,10,14H,4-6,9H2,1-3H3,(H,19,20)/t14-/m0/s1. The average molecular weight is 380 g/mol. The van der Waals surface area contributed by atoms with Gasteiger partial charge in [0.05, 0.1) is 17.1 Å². The zero-order valence-electron chi connectivity index (χ0n) is 13.7. The molecule has 6 heteroatoms. The van der Waals surface area contributed by atoms with Gasteiger partial charge in [0.25, 0.3) is 0 Å². The number of imidazole rings is 1. The minimum atomic E-state index is -0.488. The first-order chi connectivity index (χ1) is 10.8. The van der Waals surface area contributed by atoms with E-state index >= 15 is 0 Å². The van der Waals surface area contributed by atoms with Crippen LogP contribution in [0, 0.1) is 0 Å². The Balaban J connectivity index is 1.89. The molecule has 0 unspecified atom stereocenters. The van der Waals surface area contributed by atoms with Gasteiger partial charge in [-0.25, -0.2) is 9.78 Å². The molecule has 0 bridgehead atoms. The van der Waals surface area contributed by atoms with E-state index in [-0.39, 0.29) is 12.1 Å². The Kier molecular flexibility index (Phi) is 4.36. The Morgan fingerprint density at radius 3 is 2.91 bits per heavy atom. The van der Waals surface area contributed by atoms with Crippen molar-refractivity contribution in [2.45, 2.75) is 51.7 Å². The lowest BCUT2D eigenvalue weighted by Gasteiger charge is -2.35. The van der Waals surface area contributed by atoms with E-state index in [0.29, 0.717) is 6.54 Å². The molecule has 0 saturated carbocycles. The van der Waals surface area contributed by atoms with Gasteiger partial charge in [-0.05, 0) is 58.2 Å². The second-order valence-electron chi connectivity index (χ2n) is 6.97. The van der Waals surface area contributed by atoms with Gasteiger partial charge >= 0.3 is 6.09 Å². The molecule has 1 atom stereocenters. The molecule has 3 rings (SSSR count). The summed E-state index contributed by atoms with van der Waals surface area (Å²) in [5, 5.41) is 0. The Hall–Kier alpha value is -1.56. The fourth-order valence-corrected chi connectivity index (χ4v) is 3.28. The molecule has 0 aliphatic carbocycles. The monoisotopic (exact) mass is 379 g/mol. The Morgan fingerprint density at radius 1 is 1.39 bits per heavy atom. The van der Waals surface area contributed by atoms with Crippen LogP contribution < -0.4 is 0 Å². The fraction of sp³-hybridized carbons (Fsp3) is 0.529. The van der Waals surface area contributed by atoms with E-state index in [1.165, 1.54) is 0 Å². The number of benzene rings is 1. The van der Waals surface area contributed by atoms with E-state index in [0.717, 1.165) is 40.6 Å². The smallest absolute Gasteiger partial charge is 0.410 e. The van der Waals surface area contributed by atoms with Crippen LogP contribution in [-0.4, -0.2) is 33.1 Å². The molecule has 1 amide bonds. The highest BCUT2D eigenvalue weighted by atomic mass is 79.9. The minimum Gasteiger partial charge on any atom is -0.444 e. The molecule has 2 heterocycles. The van der Waals surface area contributed by atoms with Gasteiger partial charge in [-0.3, -0.25) is 4.90 Å². The third-order valence-corrected chi connectivity index (χ3v) is 4.40. The topological polar surface area (TPSA) is 58.2 Å². The van der Waals surface area contributed by atoms with Crippen LogP contribution in [0.3, 0.4) is 0 Å². The van der Waals surface area contributed by atoms with Crippen molar-refractivity contribution >= 4 is 33.1 Å². The number of H-pyrrole nitrogens is 1. The molecule has 5 nitrogen and oxygen atoms in total. The Bertz CT molecular complexity index is 720. The number of carbonyl (C=O) groups is 1. The molecule has 2 aromatic rings. The predicted octanol–water partition coefficient (Wildman–Crippen LogP) is 4.79. The summed E-state index contributed by atoms with van der Waals surface area (Å²) in [7, 11) is 0. The van der Waals surface area contributed by atoms with Gasteiger partial charge < -0.3 is 9.72 Å². The van der Waals surface area contributed by atoms with Crippen molar-refractivity contribution in [1.29, 1.82) is 0 Å². The molecule has 1 aliphatic rings. The zero-order valence-corrected chi connectivity index (χ0v) is 15.3. The number of rotatable bonds is 1. The maximum atomic E-state index is 12.5. The number of nitrogens with zero attached hydrogens (tertiary/aromatic N) is 2. The quantitative estimate of drug-likeness (QED) is 0.774. The lowest BCUT2D eigenvalue weighted by molar-refractivity contribution is 0.00857. The van der Waals surface area contributed by atoms with Crippen molar-refractivity contribution < 1.29 is 9.53 Å². The van der Waals surface area contributed by atoms with Crippen molar-refractivity contribution in [3.05, 3.63) is 28.5 Å². The zero-order chi connectivity index (χ0) is 16.6. The highest BCUT2D eigenvalue weighted by Crippen LogP contribution is 2.32. The Morgan fingerprint density at radius 2 is 2.17 bits per heavy atom. The molecule has 23 heavy (non-hydrogen) atoms. The van der Waals surface area contributed by atoms with Crippen molar-refractivity contribution in [2.24, 2.45) is 0 Å². The van der Waals surface area contributed by atoms with Crippen LogP contribution in [0.2, 0.25) is 0 Å². The Labute approximate surface area is 144 Å². The summed E-state index contributed by atoms with van der Waals surface area (Å²) in [6.45, 7) is 6.38. The fourth-order valence-electron chi connectivity index (χ4n) is 2.91. The summed E-state index contributed by atoms with van der Waals surface area (Å²) >= 11 is 3.47. The second-order valence-corrected chi connectivity index (χ2v) is 7.88. The number of fused-ring (bicyclic) bond motifs is 1. The number of halogens is 1. The van der Waals surface area contributed by atoms with Crippen LogP contribution in [0.5, 0.6) is 0 Å². The summed E-state index contributed by atoms with van der Waals surface area (Å²) in [5.74, 6) is 0.837. The van der Waals surface area contributed by atoms with Crippen molar-refractivity contribution in [3.8, 4) is 0 Å². The molecule has 1 aromatic carbocycles. The lowest BCUT2D eigenvalue weighted by atomic mass is 10.0. The maximum Gasteiger partial charge on any atom is 0.410 e. The number of amides is 1. The number of nitrogens with one attached hydrogen (secondary N) is 1.